The van der Waals surface area contributed by atoms with E-state index < -0.39 is 5.97 Å². The highest BCUT2D eigenvalue weighted by Gasteiger charge is 2.19. The molecule has 5 nitrogen and oxygen atoms in total. The van der Waals surface area contributed by atoms with Crippen LogP contribution in [0.4, 0.5) is 10.1 Å². The highest BCUT2D eigenvalue weighted by atomic mass is 19.1. The molecule has 1 aliphatic carbocycles. The first-order valence-corrected chi connectivity index (χ1v) is 9.52. The fraction of sp³-hybridized carbons (Fsp3) is 0.304. The lowest BCUT2D eigenvalue weighted by molar-refractivity contribution is -0.117. The van der Waals surface area contributed by atoms with Crippen LogP contribution in [0.3, 0.4) is 0 Å². The Balaban J connectivity index is 1.96. The van der Waals surface area contributed by atoms with Gasteiger partial charge in [-0.25, -0.2) is 9.18 Å². The topological polar surface area (TPSA) is 71.3 Å². The number of carboxylic acid groups (broad SMARTS) is 1. The average Bonchev–Trinajstić information content (AvgIpc) is 2.83. The third kappa shape index (κ3) is 5.02. The van der Waals surface area contributed by atoms with Gasteiger partial charge in [0, 0.05) is 28.6 Å². The summed E-state index contributed by atoms with van der Waals surface area (Å²) in [6, 6.07) is 6.78. The molecule has 0 bridgehead atoms. The van der Waals surface area contributed by atoms with Crippen molar-refractivity contribution in [3.8, 4) is 0 Å². The monoisotopic (exact) mass is 396 g/mol. The van der Waals surface area contributed by atoms with E-state index in [1.807, 2.05) is 26.8 Å². The predicted octanol–water partition coefficient (Wildman–Crippen LogP) is 5.45. The molecule has 1 aromatic heterocycles. The van der Waals surface area contributed by atoms with Crippen LogP contribution < -0.4 is 5.32 Å². The molecule has 0 fully saturated rings. The molecule has 0 saturated carbocycles. The Kier molecular flexibility index (Phi) is 5.73. The molecule has 0 unspecified atom stereocenters. The smallest absolute Gasteiger partial charge is 0.352 e. The first kappa shape index (κ1) is 20.6. The Morgan fingerprint density at radius 1 is 1.17 bits per heavy atom. The van der Waals surface area contributed by atoms with Gasteiger partial charge in [0.1, 0.15) is 11.5 Å². The van der Waals surface area contributed by atoms with E-state index in [4.69, 9.17) is 0 Å². The zero-order valence-corrected chi connectivity index (χ0v) is 16.8. The molecule has 1 aromatic carbocycles. The summed E-state index contributed by atoms with van der Waals surface area (Å²) in [6.07, 6.45) is 7.66. The first-order valence-electron chi connectivity index (χ1n) is 9.52. The summed E-state index contributed by atoms with van der Waals surface area (Å²) in [5, 5.41) is 13.2. The second kappa shape index (κ2) is 8.07. The molecular weight excluding hydrogens is 371 g/mol. The number of fused-ring (bicyclic) bond motifs is 1. The summed E-state index contributed by atoms with van der Waals surface area (Å²) in [6.45, 7) is 6.06. The van der Waals surface area contributed by atoms with Crippen LogP contribution in [0.25, 0.3) is 10.9 Å². The van der Waals surface area contributed by atoms with Crippen molar-refractivity contribution >= 4 is 28.5 Å². The summed E-state index contributed by atoms with van der Waals surface area (Å²) in [5.41, 5.74) is 1.62. The van der Waals surface area contributed by atoms with Crippen LogP contribution in [-0.2, 0) is 11.3 Å². The van der Waals surface area contributed by atoms with Crippen LogP contribution in [0.2, 0.25) is 0 Å². The van der Waals surface area contributed by atoms with Crippen LogP contribution in [0.1, 0.15) is 44.1 Å². The number of carbonyl (C=O) groups excluding carboxylic acids is 1. The molecule has 0 radical (unpaired) electrons. The number of nitrogens with zero attached hydrogens (tertiary/aromatic N) is 1. The van der Waals surface area contributed by atoms with Gasteiger partial charge in [-0.05, 0) is 42.2 Å². The van der Waals surface area contributed by atoms with Crippen molar-refractivity contribution in [3.63, 3.8) is 0 Å². The standard InChI is InChI=1S/C23H25FN2O3/c1-23(2,3)13-21(27)25-17-9-10-19-16(11-17)12-20(22(28)29)26(19)14-15-7-5-4-6-8-18(15)24/h5-12H,4,13-14H2,1-3H3,(H,25,27)(H,28,29). The third-order valence-electron chi connectivity index (χ3n) is 4.59. The maximum absolute atomic E-state index is 14.3. The third-order valence-corrected chi connectivity index (χ3v) is 4.59. The lowest BCUT2D eigenvalue weighted by Crippen LogP contribution is -2.19. The predicted molar refractivity (Wildman–Crippen MR) is 113 cm³/mol. The number of carboxylic acids is 1. The maximum atomic E-state index is 14.3. The molecule has 0 aliphatic heterocycles. The highest BCUT2D eigenvalue weighted by Crippen LogP contribution is 2.27. The number of rotatable bonds is 5. The minimum atomic E-state index is -1.09. The molecule has 0 atom stereocenters. The number of anilines is 1. The molecule has 3 rings (SSSR count). The molecule has 1 heterocycles. The number of allylic oxidation sites excluding steroid dienone is 6. The molecule has 1 aliphatic rings. The number of amides is 1. The number of carbonyl (C=O) groups is 2. The van der Waals surface area contributed by atoms with Crippen molar-refractivity contribution in [1.29, 1.82) is 0 Å². The number of hydrogen-bond acceptors (Lipinski definition) is 2. The van der Waals surface area contributed by atoms with Crippen molar-refractivity contribution in [1.82, 2.24) is 4.57 Å². The molecule has 0 spiro atoms. The van der Waals surface area contributed by atoms with Crippen LogP contribution in [-0.4, -0.2) is 21.6 Å². The zero-order valence-electron chi connectivity index (χ0n) is 16.8. The van der Waals surface area contributed by atoms with Crippen molar-refractivity contribution in [2.24, 2.45) is 5.41 Å². The van der Waals surface area contributed by atoms with Crippen molar-refractivity contribution in [2.75, 3.05) is 5.32 Å². The average molecular weight is 396 g/mol. The Hall–Kier alpha value is -3.15. The fourth-order valence-electron chi connectivity index (χ4n) is 3.33. The molecule has 2 N–H and O–H groups in total. The Morgan fingerprint density at radius 3 is 2.59 bits per heavy atom. The SMILES string of the molecule is CC(C)(C)CC(=O)Nc1ccc2c(c1)cc(C(=O)O)n2CC1=C(F)C=CCC=C1. The number of halogens is 1. The second-order valence-corrected chi connectivity index (χ2v) is 8.39. The number of aromatic carboxylic acids is 1. The summed E-state index contributed by atoms with van der Waals surface area (Å²) in [5.74, 6) is -1.56. The zero-order chi connectivity index (χ0) is 21.2. The van der Waals surface area contributed by atoms with Gasteiger partial charge in [-0.3, -0.25) is 4.79 Å². The largest absolute Gasteiger partial charge is 0.477 e. The summed E-state index contributed by atoms with van der Waals surface area (Å²) in [4.78, 5) is 24.0. The molecule has 1 amide bonds. The fourth-order valence-corrected chi connectivity index (χ4v) is 3.33. The van der Waals surface area contributed by atoms with Crippen LogP contribution in [0.15, 0.2) is 60.0 Å². The van der Waals surface area contributed by atoms with Gasteiger partial charge in [0.15, 0.2) is 0 Å². The quantitative estimate of drug-likeness (QED) is 0.705. The number of nitrogens with one attached hydrogen (secondary N) is 1. The molecular formula is C23H25FN2O3. The van der Waals surface area contributed by atoms with Gasteiger partial charge in [-0.1, -0.05) is 39.0 Å². The van der Waals surface area contributed by atoms with Gasteiger partial charge in [-0.2, -0.15) is 0 Å². The molecule has 152 valence electrons. The van der Waals surface area contributed by atoms with Crippen LogP contribution in [0.5, 0.6) is 0 Å². The van der Waals surface area contributed by atoms with E-state index in [9.17, 15) is 19.1 Å². The molecule has 6 heteroatoms. The molecule has 0 saturated heterocycles. The number of hydrogen-bond donors (Lipinski definition) is 2. The van der Waals surface area contributed by atoms with E-state index in [0.29, 0.717) is 35.0 Å². The second-order valence-electron chi connectivity index (χ2n) is 8.39. The van der Waals surface area contributed by atoms with E-state index in [1.165, 1.54) is 6.08 Å². The lowest BCUT2D eigenvalue weighted by atomic mass is 9.92. The molecule has 29 heavy (non-hydrogen) atoms. The Bertz CT molecular complexity index is 1050. The van der Waals surface area contributed by atoms with Crippen LogP contribution in [0, 0.1) is 5.41 Å². The van der Waals surface area contributed by atoms with Gasteiger partial charge < -0.3 is 15.0 Å². The number of aromatic nitrogens is 1. The van der Waals surface area contributed by atoms with Gasteiger partial charge >= 0.3 is 5.97 Å². The minimum absolute atomic E-state index is 0.0695. The van der Waals surface area contributed by atoms with Crippen molar-refractivity contribution in [3.05, 3.63) is 65.7 Å². The molecule has 2 aromatic rings. The van der Waals surface area contributed by atoms with Gasteiger partial charge in [0.2, 0.25) is 5.91 Å². The maximum Gasteiger partial charge on any atom is 0.352 e. The summed E-state index contributed by atoms with van der Waals surface area (Å²) in [7, 11) is 0. The van der Waals surface area contributed by atoms with Crippen molar-refractivity contribution in [2.45, 2.75) is 40.2 Å². The van der Waals surface area contributed by atoms with Crippen LogP contribution >= 0.6 is 0 Å². The van der Waals surface area contributed by atoms with E-state index >= 15 is 0 Å². The summed E-state index contributed by atoms with van der Waals surface area (Å²) >= 11 is 0. The Morgan fingerprint density at radius 2 is 1.90 bits per heavy atom. The highest BCUT2D eigenvalue weighted by molar-refractivity contribution is 5.98. The van der Waals surface area contributed by atoms with Crippen molar-refractivity contribution < 1.29 is 19.1 Å². The van der Waals surface area contributed by atoms with E-state index in [0.717, 1.165) is 0 Å². The lowest BCUT2D eigenvalue weighted by Gasteiger charge is -2.17. The first-order chi connectivity index (χ1) is 13.6. The van der Waals surface area contributed by atoms with Gasteiger partial charge in [-0.15, -0.1) is 0 Å². The minimum Gasteiger partial charge on any atom is -0.477 e. The van der Waals surface area contributed by atoms with E-state index in [-0.39, 0.29) is 29.4 Å². The normalized spacial score (nSPS) is 14.3. The van der Waals surface area contributed by atoms with Gasteiger partial charge in [0.05, 0.1) is 6.54 Å². The van der Waals surface area contributed by atoms with E-state index in [1.54, 1.807) is 41.0 Å². The Labute approximate surface area is 169 Å². The van der Waals surface area contributed by atoms with Gasteiger partial charge in [0.25, 0.3) is 0 Å². The van der Waals surface area contributed by atoms with E-state index in [2.05, 4.69) is 5.32 Å². The summed E-state index contributed by atoms with van der Waals surface area (Å²) < 4.78 is 15.9. The number of benzene rings is 1.